The third-order valence-corrected chi connectivity index (χ3v) is 6.15. The average molecular weight is 391 g/mol. The van der Waals surface area contributed by atoms with Crippen LogP contribution in [0.15, 0.2) is 39.9 Å². The van der Waals surface area contributed by atoms with Gasteiger partial charge in [-0.15, -0.1) is 0 Å². The Labute approximate surface area is 145 Å². The zero-order valence-electron chi connectivity index (χ0n) is 12.5. The van der Waals surface area contributed by atoms with E-state index in [1.807, 2.05) is 0 Å². The molecule has 3 rings (SSSR count). The van der Waals surface area contributed by atoms with Crippen molar-refractivity contribution in [2.24, 2.45) is 0 Å². The SMILES string of the molecule is O=C(NCC1CS(=O)(=O)c2ccccc2O1)c1cscc1C(F)(F)F. The molecule has 1 atom stereocenters. The van der Waals surface area contributed by atoms with E-state index < -0.39 is 39.2 Å². The Morgan fingerprint density at radius 1 is 1.28 bits per heavy atom. The maximum absolute atomic E-state index is 12.8. The van der Waals surface area contributed by atoms with E-state index in [0.717, 1.165) is 22.1 Å². The molecule has 0 saturated carbocycles. The molecule has 1 aliphatic rings. The van der Waals surface area contributed by atoms with Crippen molar-refractivity contribution in [2.45, 2.75) is 17.2 Å². The first kappa shape index (κ1) is 17.7. The number of hydrogen-bond donors (Lipinski definition) is 1. The Morgan fingerprint density at radius 2 is 2.00 bits per heavy atom. The molecule has 2 aromatic rings. The number of rotatable bonds is 3. The number of thiophene rings is 1. The van der Waals surface area contributed by atoms with E-state index in [0.29, 0.717) is 0 Å². The van der Waals surface area contributed by atoms with Crippen LogP contribution in [-0.4, -0.2) is 32.7 Å². The van der Waals surface area contributed by atoms with Gasteiger partial charge in [0.05, 0.1) is 23.4 Å². The van der Waals surface area contributed by atoms with Gasteiger partial charge in [-0.3, -0.25) is 4.79 Å². The summed E-state index contributed by atoms with van der Waals surface area (Å²) < 4.78 is 68.4. The van der Waals surface area contributed by atoms with Gasteiger partial charge in [-0.25, -0.2) is 8.42 Å². The summed E-state index contributed by atoms with van der Waals surface area (Å²) in [4.78, 5) is 12.1. The zero-order chi connectivity index (χ0) is 18.2. The third-order valence-electron chi connectivity index (χ3n) is 3.59. The molecule has 2 heterocycles. The lowest BCUT2D eigenvalue weighted by Crippen LogP contribution is -2.42. The summed E-state index contributed by atoms with van der Waals surface area (Å²) in [6, 6.07) is 6.08. The molecule has 0 fully saturated rings. The number of halogens is 3. The van der Waals surface area contributed by atoms with Crippen LogP contribution in [0.25, 0.3) is 0 Å². The van der Waals surface area contributed by atoms with Crippen LogP contribution in [0, 0.1) is 0 Å². The van der Waals surface area contributed by atoms with Crippen LogP contribution in [0.2, 0.25) is 0 Å². The Morgan fingerprint density at radius 3 is 2.72 bits per heavy atom. The van der Waals surface area contributed by atoms with Crippen LogP contribution in [0.1, 0.15) is 15.9 Å². The van der Waals surface area contributed by atoms with E-state index in [2.05, 4.69) is 5.32 Å². The number of amides is 1. The number of nitrogens with one attached hydrogen (secondary N) is 1. The number of para-hydroxylation sites is 1. The average Bonchev–Trinajstić information content (AvgIpc) is 3.02. The Kier molecular flexibility index (Phi) is 4.50. The summed E-state index contributed by atoms with van der Waals surface area (Å²) >= 11 is 0.765. The number of sulfone groups is 1. The summed E-state index contributed by atoms with van der Waals surface area (Å²) in [5.41, 5.74) is -1.51. The zero-order valence-corrected chi connectivity index (χ0v) is 14.2. The van der Waals surface area contributed by atoms with Crippen molar-refractivity contribution in [3.8, 4) is 5.75 Å². The molecule has 10 heteroatoms. The largest absolute Gasteiger partial charge is 0.486 e. The monoisotopic (exact) mass is 391 g/mol. The van der Waals surface area contributed by atoms with E-state index in [-0.39, 0.29) is 22.9 Å². The summed E-state index contributed by atoms with van der Waals surface area (Å²) in [6.45, 7) is -0.223. The van der Waals surface area contributed by atoms with Gasteiger partial charge in [-0.1, -0.05) is 12.1 Å². The number of fused-ring (bicyclic) bond motifs is 1. The van der Waals surface area contributed by atoms with E-state index in [1.165, 1.54) is 12.1 Å². The second-order valence-corrected chi connectivity index (χ2v) is 8.12. The standard InChI is InChI=1S/C15H12F3NO4S2/c16-15(17,18)11-7-24-6-10(11)14(20)19-5-9-8-25(21,22)13-4-2-1-3-12(13)23-9/h1-4,6-7,9H,5,8H2,(H,19,20). The number of carbonyl (C=O) groups is 1. The third kappa shape index (κ3) is 3.64. The Bertz CT molecular complexity index is 905. The van der Waals surface area contributed by atoms with Crippen LogP contribution < -0.4 is 10.1 Å². The molecule has 1 unspecified atom stereocenters. The molecular weight excluding hydrogens is 379 g/mol. The molecule has 0 spiro atoms. The number of alkyl halides is 3. The highest BCUT2D eigenvalue weighted by molar-refractivity contribution is 7.91. The molecule has 1 amide bonds. The van der Waals surface area contributed by atoms with Crippen LogP contribution in [0.4, 0.5) is 13.2 Å². The van der Waals surface area contributed by atoms with Gasteiger partial charge in [-0.2, -0.15) is 24.5 Å². The molecule has 1 aliphatic heterocycles. The fourth-order valence-electron chi connectivity index (χ4n) is 2.45. The highest BCUT2D eigenvalue weighted by Gasteiger charge is 2.36. The second-order valence-electron chi connectivity index (χ2n) is 5.37. The maximum atomic E-state index is 12.8. The molecule has 0 aliphatic carbocycles. The van der Waals surface area contributed by atoms with Crippen LogP contribution in [0.3, 0.4) is 0 Å². The van der Waals surface area contributed by atoms with Crippen molar-refractivity contribution in [1.82, 2.24) is 5.32 Å². The first-order valence-corrected chi connectivity index (χ1v) is 9.68. The van der Waals surface area contributed by atoms with Gasteiger partial charge in [0.25, 0.3) is 5.91 Å². The number of ether oxygens (including phenoxy) is 1. The van der Waals surface area contributed by atoms with Crippen molar-refractivity contribution in [3.63, 3.8) is 0 Å². The summed E-state index contributed by atoms with van der Waals surface area (Å²) in [7, 11) is -3.58. The molecule has 1 N–H and O–H groups in total. The first-order chi connectivity index (χ1) is 11.7. The van der Waals surface area contributed by atoms with Crippen LogP contribution in [-0.2, 0) is 16.0 Å². The molecule has 0 saturated heterocycles. The van der Waals surface area contributed by atoms with Gasteiger partial charge in [-0.05, 0) is 12.1 Å². The summed E-state index contributed by atoms with van der Waals surface area (Å²) in [5.74, 6) is -1.12. The van der Waals surface area contributed by atoms with Gasteiger partial charge in [0.1, 0.15) is 16.7 Å². The quantitative estimate of drug-likeness (QED) is 0.873. The molecule has 0 bridgehead atoms. The van der Waals surface area contributed by atoms with Crippen LogP contribution >= 0.6 is 11.3 Å². The molecule has 25 heavy (non-hydrogen) atoms. The fourth-order valence-corrected chi connectivity index (χ4v) is 4.85. The van der Waals surface area contributed by atoms with E-state index >= 15 is 0 Å². The van der Waals surface area contributed by atoms with Gasteiger partial charge in [0, 0.05) is 10.8 Å². The molecule has 0 radical (unpaired) electrons. The summed E-state index contributed by atoms with van der Waals surface area (Å²) in [5, 5.41) is 4.27. The van der Waals surface area contributed by atoms with Gasteiger partial charge < -0.3 is 10.1 Å². The highest BCUT2D eigenvalue weighted by Crippen LogP contribution is 2.34. The number of hydrogen-bond acceptors (Lipinski definition) is 5. The minimum absolute atomic E-state index is 0.0646. The van der Waals surface area contributed by atoms with Crippen molar-refractivity contribution in [2.75, 3.05) is 12.3 Å². The molecule has 134 valence electrons. The van der Waals surface area contributed by atoms with Crippen molar-refractivity contribution in [3.05, 3.63) is 46.2 Å². The van der Waals surface area contributed by atoms with Gasteiger partial charge in [0.2, 0.25) is 0 Å². The first-order valence-electron chi connectivity index (χ1n) is 7.08. The Hall–Kier alpha value is -2.07. The van der Waals surface area contributed by atoms with Crippen molar-refractivity contribution in [1.29, 1.82) is 0 Å². The predicted octanol–water partition coefficient (Wildman–Crippen LogP) is 2.73. The lowest BCUT2D eigenvalue weighted by Gasteiger charge is -2.26. The highest BCUT2D eigenvalue weighted by atomic mass is 32.2. The molecule has 1 aromatic carbocycles. The lowest BCUT2D eigenvalue weighted by molar-refractivity contribution is -0.137. The molecule has 1 aromatic heterocycles. The molecule has 5 nitrogen and oxygen atoms in total. The number of carbonyl (C=O) groups excluding carboxylic acids is 1. The minimum Gasteiger partial charge on any atom is -0.486 e. The second kappa shape index (κ2) is 6.34. The fraction of sp³-hybridized carbons (Fsp3) is 0.267. The normalized spacial score (nSPS) is 18.9. The maximum Gasteiger partial charge on any atom is 0.417 e. The van der Waals surface area contributed by atoms with Crippen molar-refractivity contribution >= 4 is 27.1 Å². The van der Waals surface area contributed by atoms with E-state index in [1.54, 1.807) is 12.1 Å². The van der Waals surface area contributed by atoms with Crippen molar-refractivity contribution < 1.29 is 31.1 Å². The predicted molar refractivity (Wildman–Crippen MR) is 84.6 cm³/mol. The topological polar surface area (TPSA) is 72.5 Å². The minimum atomic E-state index is -4.63. The Balaban J connectivity index is 1.71. The smallest absolute Gasteiger partial charge is 0.417 e. The number of benzene rings is 1. The molecular formula is C15H12F3NO4S2. The van der Waals surface area contributed by atoms with Crippen LogP contribution in [0.5, 0.6) is 5.75 Å². The lowest BCUT2D eigenvalue weighted by atomic mass is 10.2. The van der Waals surface area contributed by atoms with E-state index in [9.17, 15) is 26.4 Å². The van der Waals surface area contributed by atoms with Gasteiger partial charge >= 0.3 is 6.18 Å². The van der Waals surface area contributed by atoms with Gasteiger partial charge in [0.15, 0.2) is 9.84 Å². The van der Waals surface area contributed by atoms with E-state index in [4.69, 9.17) is 4.74 Å². The summed E-state index contributed by atoms with van der Waals surface area (Å²) in [6.07, 6.45) is -5.51.